The van der Waals surface area contributed by atoms with Crippen LogP contribution in [0.2, 0.25) is 10.0 Å². The second kappa shape index (κ2) is 11.0. The SMILES string of the molecule is O=S(=O)(O)CC(O)CN1C(=Cc2sc3ccc(Cl)cc3[n+]2CC(O)CS(=O)(=O)O)Sc2ccc(Cl)cc21. The van der Waals surface area contributed by atoms with E-state index in [1.54, 1.807) is 51.9 Å². The first kappa shape index (κ1) is 28.5. The van der Waals surface area contributed by atoms with Crippen LogP contribution in [-0.2, 0) is 26.8 Å². The fourth-order valence-corrected chi connectivity index (χ4v) is 7.63. The third-order valence-electron chi connectivity index (χ3n) is 5.22. The van der Waals surface area contributed by atoms with E-state index >= 15 is 0 Å². The van der Waals surface area contributed by atoms with Crippen LogP contribution >= 0.6 is 46.3 Å². The second-order valence-corrected chi connectivity index (χ2v) is 14.3. The number of hydrogen-bond acceptors (Lipinski definition) is 9. The molecule has 4 N–H and O–H groups in total. The quantitative estimate of drug-likeness (QED) is 0.205. The molecular formula is C21H21Cl2N2O8S4+. The van der Waals surface area contributed by atoms with E-state index in [0.717, 1.165) is 9.60 Å². The molecule has 1 aliphatic rings. The van der Waals surface area contributed by atoms with Gasteiger partial charge >= 0.3 is 0 Å². The minimum atomic E-state index is -4.42. The van der Waals surface area contributed by atoms with Crippen molar-refractivity contribution in [2.45, 2.75) is 23.6 Å². The van der Waals surface area contributed by atoms with Crippen LogP contribution in [0, 0.1) is 0 Å². The van der Waals surface area contributed by atoms with E-state index in [1.807, 2.05) is 0 Å². The van der Waals surface area contributed by atoms with Crippen molar-refractivity contribution in [3.63, 3.8) is 0 Å². The van der Waals surface area contributed by atoms with Crippen LogP contribution in [-0.4, -0.2) is 66.4 Å². The predicted molar refractivity (Wildman–Crippen MR) is 145 cm³/mol. The Morgan fingerprint density at radius 3 is 2.24 bits per heavy atom. The van der Waals surface area contributed by atoms with Gasteiger partial charge in [0.15, 0.2) is 6.54 Å². The zero-order valence-electron chi connectivity index (χ0n) is 18.7. The van der Waals surface area contributed by atoms with E-state index < -0.39 is 43.9 Å². The van der Waals surface area contributed by atoms with Crippen molar-refractivity contribution in [3.8, 4) is 0 Å². The molecule has 0 bridgehead atoms. The van der Waals surface area contributed by atoms with Crippen molar-refractivity contribution in [3.05, 3.63) is 56.5 Å². The molecule has 0 radical (unpaired) electrons. The molecule has 0 aliphatic carbocycles. The van der Waals surface area contributed by atoms with Crippen LogP contribution < -0.4 is 9.47 Å². The number of thioether (sulfide) groups is 1. The Morgan fingerprint density at radius 2 is 1.57 bits per heavy atom. The lowest BCUT2D eigenvalue weighted by molar-refractivity contribution is -0.675. The first-order valence-electron chi connectivity index (χ1n) is 10.5. The van der Waals surface area contributed by atoms with E-state index in [2.05, 4.69) is 0 Å². The number of aliphatic hydroxyl groups is 2. The molecule has 4 rings (SSSR count). The van der Waals surface area contributed by atoms with Gasteiger partial charge in [-0.05, 0) is 30.3 Å². The maximum atomic E-state index is 11.3. The molecule has 1 aliphatic heterocycles. The fraction of sp³-hybridized carbons (Fsp3) is 0.286. The lowest BCUT2D eigenvalue weighted by Crippen LogP contribution is -2.43. The number of aromatic nitrogens is 1. The molecule has 200 valence electrons. The molecule has 2 unspecified atom stereocenters. The molecule has 3 aromatic rings. The standard InChI is InChI=1S/C21H20Cl2N2O8S4/c22-12-1-3-18-16(5-12)24(8-14(26)10-36(28,29)30)20(34-18)7-21-25(9-15(27)11-37(31,32)33)17-6-13(23)2-4-19(17)35-21/h1-7,14-15,26-27H,8-11H2,(H-,28,29,30,31,32,33)/p+1. The number of nitrogens with zero attached hydrogens (tertiary/aromatic N) is 2. The van der Waals surface area contributed by atoms with Crippen molar-refractivity contribution < 1.29 is 40.7 Å². The number of aliphatic hydroxyl groups excluding tert-OH is 2. The summed E-state index contributed by atoms with van der Waals surface area (Å²) in [4.78, 5) is 2.45. The summed E-state index contributed by atoms with van der Waals surface area (Å²) in [6, 6.07) is 10.3. The smallest absolute Gasteiger partial charge is 0.267 e. The maximum absolute atomic E-state index is 11.3. The zero-order chi connectivity index (χ0) is 27.1. The van der Waals surface area contributed by atoms with Crippen LogP contribution in [0.4, 0.5) is 5.69 Å². The van der Waals surface area contributed by atoms with Crippen molar-refractivity contribution in [2.75, 3.05) is 23.0 Å². The van der Waals surface area contributed by atoms with Gasteiger partial charge in [-0.1, -0.05) is 46.3 Å². The van der Waals surface area contributed by atoms with E-state index in [9.17, 15) is 27.0 Å². The first-order valence-corrected chi connectivity index (χ1v) is 16.1. The lowest BCUT2D eigenvalue weighted by Gasteiger charge is -2.23. The molecule has 0 fully saturated rings. The summed E-state index contributed by atoms with van der Waals surface area (Å²) in [5.41, 5.74) is 1.25. The van der Waals surface area contributed by atoms with Gasteiger partial charge in [-0.15, -0.1) is 0 Å². The minimum Gasteiger partial charge on any atom is -0.390 e. The molecule has 0 spiro atoms. The van der Waals surface area contributed by atoms with Gasteiger partial charge in [0.1, 0.15) is 22.3 Å². The molecule has 0 saturated heterocycles. The van der Waals surface area contributed by atoms with Crippen LogP contribution in [0.3, 0.4) is 0 Å². The van der Waals surface area contributed by atoms with E-state index in [4.69, 9.17) is 32.3 Å². The highest BCUT2D eigenvalue weighted by Gasteiger charge is 2.31. The number of hydrogen-bond donors (Lipinski definition) is 4. The molecule has 10 nitrogen and oxygen atoms in total. The summed E-state index contributed by atoms with van der Waals surface area (Å²) in [6.07, 6.45) is -1.10. The molecule has 2 atom stereocenters. The van der Waals surface area contributed by atoms with Crippen molar-refractivity contribution in [2.24, 2.45) is 0 Å². The number of fused-ring (bicyclic) bond motifs is 2. The highest BCUT2D eigenvalue weighted by molar-refractivity contribution is 8.04. The summed E-state index contributed by atoms with van der Waals surface area (Å²) in [7, 11) is -8.85. The summed E-state index contributed by atoms with van der Waals surface area (Å²) in [6.45, 7) is -0.345. The Kier molecular flexibility index (Phi) is 8.46. The average molecular weight is 629 g/mol. The highest BCUT2D eigenvalue weighted by atomic mass is 35.5. The topological polar surface area (TPSA) is 156 Å². The highest BCUT2D eigenvalue weighted by Crippen LogP contribution is 2.48. The molecule has 1 aromatic heterocycles. The van der Waals surface area contributed by atoms with Crippen LogP contribution in [0.1, 0.15) is 5.01 Å². The number of halogens is 2. The first-order chi connectivity index (χ1) is 17.2. The van der Waals surface area contributed by atoms with Crippen molar-refractivity contribution in [1.82, 2.24) is 0 Å². The Balaban J connectivity index is 1.78. The number of anilines is 1. The van der Waals surface area contributed by atoms with Crippen LogP contribution in [0.25, 0.3) is 16.3 Å². The number of β-amino-alcohol motifs (C(OH)–C–C–N with tert-alkyl or cyclic N) is 1. The lowest BCUT2D eigenvalue weighted by atomic mass is 10.2. The Bertz CT molecular complexity index is 1590. The third-order valence-corrected chi connectivity index (χ3v) is 9.53. The van der Waals surface area contributed by atoms with E-state index in [-0.39, 0.29) is 13.1 Å². The molecule has 37 heavy (non-hydrogen) atoms. The largest absolute Gasteiger partial charge is 0.390 e. The van der Waals surface area contributed by atoms with Gasteiger partial charge in [0, 0.05) is 21.0 Å². The molecule has 16 heteroatoms. The van der Waals surface area contributed by atoms with Crippen molar-refractivity contribution >= 4 is 88.5 Å². The monoisotopic (exact) mass is 627 g/mol. The average Bonchev–Trinajstić information content (AvgIpc) is 3.23. The van der Waals surface area contributed by atoms with Crippen molar-refractivity contribution in [1.29, 1.82) is 0 Å². The Labute approximate surface area is 231 Å². The fourth-order valence-electron chi connectivity index (χ4n) is 3.86. The zero-order valence-corrected chi connectivity index (χ0v) is 23.5. The van der Waals surface area contributed by atoms with Gasteiger partial charge in [-0.3, -0.25) is 9.11 Å². The van der Waals surface area contributed by atoms with Gasteiger partial charge < -0.3 is 15.1 Å². The summed E-state index contributed by atoms with van der Waals surface area (Å²) >= 11 is 15.0. The molecular weight excluding hydrogens is 607 g/mol. The summed E-state index contributed by atoms with van der Waals surface area (Å²) in [5, 5.41) is 22.8. The summed E-state index contributed by atoms with van der Waals surface area (Å²) in [5.74, 6) is -1.72. The van der Waals surface area contributed by atoms with Crippen LogP contribution in [0.15, 0.2) is 46.3 Å². The number of rotatable bonds is 9. The molecule has 2 aromatic carbocycles. The maximum Gasteiger partial charge on any atom is 0.267 e. The van der Waals surface area contributed by atoms with Gasteiger partial charge in [-0.2, -0.15) is 21.4 Å². The Morgan fingerprint density at radius 1 is 0.946 bits per heavy atom. The second-order valence-electron chi connectivity index (χ2n) is 8.28. The van der Waals surface area contributed by atoms with Gasteiger partial charge in [0.25, 0.3) is 25.2 Å². The van der Waals surface area contributed by atoms with Gasteiger partial charge in [-0.25, -0.2) is 0 Å². The molecule has 2 heterocycles. The van der Waals surface area contributed by atoms with Crippen LogP contribution in [0.5, 0.6) is 0 Å². The third kappa shape index (κ3) is 7.35. The minimum absolute atomic E-state index is 0.173. The number of thiazole rings is 1. The Hall–Kier alpha value is -1.46. The molecule has 0 amide bonds. The normalized spacial score (nSPS) is 16.9. The van der Waals surface area contributed by atoms with Gasteiger partial charge in [0.05, 0.1) is 29.4 Å². The number of benzene rings is 2. The van der Waals surface area contributed by atoms with E-state index in [0.29, 0.717) is 31.3 Å². The van der Waals surface area contributed by atoms with Gasteiger partial charge in [0.2, 0.25) is 5.52 Å². The predicted octanol–water partition coefficient (Wildman–Crippen LogP) is 2.90. The summed E-state index contributed by atoms with van der Waals surface area (Å²) < 4.78 is 66.0. The van der Waals surface area contributed by atoms with E-state index in [1.165, 1.54) is 23.1 Å². The molecule has 0 saturated carbocycles.